The van der Waals surface area contributed by atoms with Crippen LogP contribution in [0.25, 0.3) is 0 Å². The molecular formula is C20H23NO3. The summed E-state index contributed by atoms with van der Waals surface area (Å²) in [4.78, 5) is 12.4. The molecule has 24 heavy (non-hydrogen) atoms. The van der Waals surface area contributed by atoms with Crippen molar-refractivity contribution in [1.29, 1.82) is 0 Å². The van der Waals surface area contributed by atoms with E-state index in [0.717, 1.165) is 24.3 Å². The molecule has 1 aliphatic carbocycles. The molecule has 4 heteroatoms. The van der Waals surface area contributed by atoms with E-state index in [1.165, 1.54) is 12.0 Å². The second kappa shape index (κ2) is 6.95. The fourth-order valence-electron chi connectivity index (χ4n) is 3.32. The summed E-state index contributed by atoms with van der Waals surface area (Å²) in [6.07, 6.45) is 3.31. The molecule has 1 fully saturated rings. The maximum atomic E-state index is 12.4. The molecule has 1 amide bonds. The zero-order chi connectivity index (χ0) is 17.0. The van der Waals surface area contributed by atoms with Gasteiger partial charge in [0.15, 0.2) is 0 Å². The van der Waals surface area contributed by atoms with E-state index in [-0.39, 0.29) is 11.3 Å². The first-order chi connectivity index (χ1) is 11.7. The van der Waals surface area contributed by atoms with Crippen LogP contribution in [0.5, 0.6) is 11.5 Å². The van der Waals surface area contributed by atoms with Crippen molar-refractivity contribution in [2.24, 2.45) is 0 Å². The summed E-state index contributed by atoms with van der Waals surface area (Å²) in [6, 6.07) is 15.3. The van der Waals surface area contributed by atoms with E-state index in [9.17, 15) is 4.79 Å². The van der Waals surface area contributed by atoms with Crippen molar-refractivity contribution in [3.05, 3.63) is 59.7 Å². The number of carbonyl (C=O) groups excluding carboxylic acids is 1. The number of hydrogen-bond acceptors (Lipinski definition) is 3. The highest BCUT2D eigenvalue weighted by molar-refractivity contribution is 5.94. The second-order valence-corrected chi connectivity index (χ2v) is 6.25. The summed E-state index contributed by atoms with van der Waals surface area (Å²) >= 11 is 0. The lowest BCUT2D eigenvalue weighted by Crippen LogP contribution is -2.45. The van der Waals surface area contributed by atoms with E-state index < -0.39 is 0 Å². The van der Waals surface area contributed by atoms with Gasteiger partial charge in [0.25, 0.3) is 5.91 Å². The lowest BCUT2D eigenvalue weighted by molar-refractivity contribution is 0.0927. The van der Waals surface area contributed by atoms with Gasteiger partial charge < -0.3 is 14.8 Å². The fourth-order valence-corrected chi connectivity index (χ4v) is 3.32. The average Bonchev–Trinajstić information content (AvgIpc) is 2.61. The Bertz CT molecular complexity index is 705. The Kier molecular flexibility index (Phi) is 4.74. The quantitative estimate of drug-likeness (QED) is 0.883. The van der Waals surface area contributed by atoms with Gasteiger partial charge in [-0.1, -0.05) is 24.6 Å². The van der Waals surface area contributed by atoms with Crippen LogP contribution < -0.4 is 14.8 Å². The number of hydrogen-bond donors (Lipinski definition) is 1. The second-order valence-electron chi connectivity index (χ2n) is 6.25. The molecule has 2 aromatic carbocycles. The first-order valence-electron chi connectivity index (χ1n) is 8.24. The molecule has 0 unspecified atom stereocenters. The lowest BCUT2D eigenvalue weighted by Gasteiger charge is -2.43. The Morgan fingerprint density at radius 2 is 1.75 bits per heavy atom. The molecule has 0 saturated heterocycles. The Morgan fingerprint density at radius 1 is 1.04 bits per heavy atom. The molecule has 3 rings (SSSR count). The van der Waals surface area contributed by atoms with Gasteiger partial charge in [0, 0.05) is 23.1 Å². The number of benzene rings is 2. The van der Waals surface area contributed by atoms with Gasteiger partial charge in [-0.05, 0) is 43.2 Å². The van der Waals surface area contributed by atoms with Crippen LogP contribution in [-0.2, 0) is 5.41 Å². The number of para-hydroxylation sites is 1. The maximum Gasteiger partial charge on any atom is 0.251 e. The highest BCUT2D eigenvalue weighted by atomic mass is 16.5. The Labute approximate surface area is 142 Å². The van der Waals surface area contributed by atoms with Crippen LogP contribution in [-0.4, -0.2) is 26.7 Å². The molecule has 0 heterocycles. The number of methoxy groups -OCH3 is 2. The number of amides is 1. The van der Waals surface area contributed by atoms with E-state index in [0.29, 0.717) is 12.1 Å². The van der Waals surface area contributed by atoms with E-state index in [4.69, 9.17) is 9.47 Å². The molecule has 0 aliphatic heterocycles. The Balaban J connectivity index is 1.72. The SMILES string of the molecule is COc1ccc(C(=O)NCC2(c3ccccc3OC)CCC2)cc1. The predicted octanol–water partition coefficient (Wildman–Crippen LogP) is 3.56. The van der Waals surface area contributed by atoms with Gasteiger partial charge in [-0.25, -0.2) is 0 Å². The average molecular weight is 325 g/mol. The monoisotopic (exact) mass is 325 g/mol. The van der Waals surface area contributed by atoms with Gasteiger partial charge in [0.2, 0.25) is 0 Å². The minimum atomic E-state index is -0.0566. The highest BCUT2D eigenvalue weighted by Gasteiger charge is 2.40. The topological polar surface area (TPSA) is 47.6 Å². The van der Waals surface area contributed by atoms with Crippen LogP contribution in [0, 0.1) is 0 Å². The molecule has 0 atom stereocenters. The molecule has 1 N–H and O–H groups in total. The van der Waals surface area contributed by atoms with Crippen LogP contribution in [0.4, 0.5) is 0 Å². The van der Waals surface area contributed by atoms with Gasteiger partial charge >= 0.3 is 0 Å². The van der Waals surface area contributed by atoms with Crippen molar-refractivity contribution in [3.63, 3.8) is 0 Å². The van der Waals surface area contributed by atoms with E-state index >= 15 is 0 Å². The van der Waals surface area contributed by atoms with Gasteiger partial charge in [0.05, 0.1) is 14.2 Å². The minimum Gasteiger partial charge on any atom is -0.497 e. The summed E-state index contributed by atoms with van der Waals surface area (Å²) in [5, 5.41) is 3.09. The fraction of sp³-hybridized carbons (Fsp3) is 0.350. The van der Waals surface area contributed by atoms with Crippen molar-refractivity contribution in [2.45, 2.75) is 24.7 Å². The summed E-state index contributed by atoms with van der Waals surface area (Å²) in [5.41, 5.74) is 1.81. The van der Waals surface area contributed by atoms with Crippen molar-refractivity contribution >= 4 is 5.91 Å². The van der Waals surface area contributed by atoms with Crippen LogP contribution in [0.2, 0.25) is 0 Å². The van der Waals surface area contributed by atoms with E-state index in [2.05, 4.69) is 11.4 Å². The van der Waals surface area contributed by atoms with Gasteiger partial charge in [-0.2, -0.15) is 0 Å². The first-order valence-corrected chi connectivity index (χ1v) is 8.24. The minimum absolute atomic E-state index is 0.0191. The van der Waals surface area contributed by atoms with Crippen LogP contribution in [0.1, 0.15) is 35.2 Å². The molecule has 126 valence electrons. The zero-order valence-corrected chi connectivity index (χ0v) is 14.2. The number of carbonyl (C=O) groups is 1. The van der Waals surface area contributed by atoms with Crippen LogP contribution in [0.3, 0.4) is 0 Å². The molecule has 0 bridgehead atoms. The van der Waals surface area contributed by atoms with Crippen molar-refractivity contribution < 1.29 is 14.3 Å². The number of nitrogens with one attached hydrogen (secondary N) is 1. The number of rotatable bonds is 6. The molecule has 4 nitrogen and oxygen atoms in total. The largest absolute Gasteiger partial charge is 0.497 e. The van der Waals surface area contributed by atoms with Gasteiger partial charge in [-0.3, -0.25) is 4.79 Å². The smallest absolute Gasteiger partial charge is 0.251 e. The summed E-state index contributed by atoms with van der Waals surface area (Å²) in [6.45, 7) is 0.623. The predicted molar refractivity (Wildman–Crippen MR) is 93.9 cm³/mol. The summed E-state index contributed by atoms with van der Waals surface area (Å²) in [5.74, 6) is 1.59. The molecular weight excluding hydrogens is 302 g/mol. The first kappa shape index (κ1) is 16.4. The molecule has 0 aromatic heterocycles. The molecule has 2 aromatic rings. The van der Waals surface area contributed by atoms with Crippen LogP contribution >= 0.6 is 0 Å². The van der Waals surface area contributed by atoms with Crippen molar-refractivity contribution in [1.82, 2.24) is 5.32 Å². The summed E-state index contributed by atoms with van der Waals surface area (Å²) < 4.78 is 10.6. The van der Waals surface area contributed by atoms with E-state index in [1.807, 2.05) is 18.2 Å². The van der Waals surface area contributed by atoms with Crippen molar-refractivity contribution in [3.8, 4) is 11.5 Å². The Hall–Kier alpha value is -2.49. The zero-order valence-electron chi connectivity index (χ0n) is 14.2. The van der Waals surface area contributed by atoms with Crippen molar-refractivity contribution in [2.75, 3.05) is 20.8 Å². The third-order valence-electron chi connectivity index (χ3n) is 4.93. The number of ether oxygens (including phenoxy) is 2. The Morgan fingerprint density at radius 3 is 2.33 bits per heavy atom. The maximum absolute atomic E-state index is 12.4. The highest BCUT2D eigenvalue weighted by Crippen LogP contribution is 2.46. The normalized spacial score (nSPS) is 15.2. The third kappa shape index (κ3) is 3.09. The van der Waals surface area contributed by atoms with Gasteiger partial charge in [0.1, 0.15) is 11.5 Å². The van der Waals surface area contributed by atoms with Crippen LogP contribution in [0.15, 0.2) is 48.5 Å². The molecule has 0 spiro atoms. The standard InChI is InChI=1S/C20H23NO3/c1-23-16-10-8-15(9-11-16)19(22)21-14-20(12-5-13-20)17-6-3-4-7-18(17)24-2/h3-4,6-11H,5,12-14H2,1-2H3,(H,21,22). The lowest BCUT2D eigenvalue weighted by atomic mass is 9.64. The third-order valence-corrected chi connectivity index (χ3v) is 4.93. The van der Waals surface area contributed by atoms with E-state index in [1.54, 1.807) is 38.5 Å². The molecule has 1 aliphatic rings. The summed E-state index contributed by atoms with van der Waals surface area (Å²) in [7, 11) is 3.31. The molecule has 1 saturated carbocycles. The van der Waals surface area contributed by atoms with Gasteiger partial charge in [-0.15, -0.1) is 0 Å². The molecule has 0 radical (unpaired) electrons.